The summed E-state index contributed by atoms with van der Waals surface area (Å²) in [6.07, 6.45) is 7.38. The van der Waals surface area contributed by atoms with E-state index in [0.717, 1.165) is 35.2 Å². The fourth-order valence-electron chi connectivity index (χ4n) is 3.50. The molecule has 0 radical (unpaired) electrons. The Morgan fingerprint density at radius 1 is 1.06 bits per heavy atom. The molecule has 0 aliphatic carbocycles. The van der Waals surface area contributed by atoms with Crippen molar-refractivity contribution in [1.82, 2.24) is 5.32 Å². The lowest BCUT2D eigenvalue weighted by molar-refractivity contribution is -0.132. The molecule has 178 valence electrons. The summed E-state index contributed by atoms with van der Waals surface area (Å²) < 4.78 is 5.85. The molecule has 2 rings (SSSR count). The number of nitrogens with one attached hydrogen (secondary N) is 1. The maximum atomic E-state index is 12.6. The van der Waals surface area contributed by atoms with Crippen molar-refractivity contribution in [2.75, 3.05) is 25.1 Å². The number of benzene rings is 2. The van der Waals surface area contributed by atoms with Gasteiger partial charge in [-0.15, -0.1) is 0 Å². The van der Waals surface area contributed by atoms with E-state index in [-0.39, 0.29) is 11.6 Å². The summed E-state index contributed by atoms with van der Waals surface area (Å²) in [5.74, 6) is -0.284. The average molecular weight is 453 g/mol. The Morgan fingerprint density at radius 3 is 2.52 bits per heavy atom. The summed E-state index contributed by atoms with van der Waals surface area (Å²) in [5, 5.41) is 12.1. The Hall–Kier alpha value is -3.28. The van der Waals surface area contributed by atoms with Crippen LogP contribution in [0.3, 0.4) is 0 Å². The van der Waals surface area contributed by atoms with E-state index in [9.17, 15) is 9.59 Å². The van der Waals surface area contributed by atoms with E-state index in [0.29, 0.717) is 18.9 Å². The Morgan fingerprint density at radius 2 is 1.82 bits per heavy atom. The molecule has 2 amide bonds. The first-order chi connectivity index (χ1) is 15.9. The number of anilines is 1. The van der Waals surface area contributed by atoms with E-state index >= 15 is 0 Å². The highest BCUT2D eigenvalue weighted by molar-refractivity contribution is 5.93. The van der Waals surface area contributed by atoms with Crippen molar-refractivity contribution >= 4 is 23.8 Å². The fraction of sp³-hybridized carbons (Fsp3) is 0.407. The summed E-state index contributed by atoms with van der Waals surface area (Å²) in [7, 11) is 1.76. The van der Waals surface area contributed by atoms with Crippen LogP contribution in [-0.2, 0) is 4.79 Å². The zero-order chi connectivity index (χ0) is 24.2. The van der Waals surface area contributed by atoms with Crippen molar-refractivity contribution in [2.45, 2.75) is 52.9 Å². The number of carbonyl (C=O) groups excluding carboxylic acids is 1. The van der Waals surface area contributed by atoms with Crippen LogP contribution in [0.5, 0.6) is 5.75 Å². The lowest BCUT2D eigenvalue weighted by Gasteiger charge is -2.19. The van der Waals surface area contributed by atoms with E-state index in [1.807, 2.05) is 49.4 Å². The zero-order valence-electron chi connectivity index (χ0n) is 20.2. The maximum absolute atomic E-state index is 12.6. The Bertz CT molecular complexity index is 968. The lowest BCUT2D eigenvalue weighted by atomic mass is 10.0. The molecule has 0 bridgehead atoms. The van der Waals surface area contributed by atoms with Gasteiger partial charge in [-0.1, -0.05) is 56.9 Å². The van der Waals surface area contributed by atoms with Crippen LogP contribution in [0.4, 0.5) is 10.5 Å². The molecule has 0 spiro atoms. The predicted molar refractivity (Wildman–Crippen MR) is 135 cm³/mol. The third-order valence-corrected chi connectivity index (χ3v) is 5.43. The van der Waals surface area contributed by atoms with Gasteiger partial charge in [0.2, 0.25) is 0 Å². The molecule has 0 saturated carbocycles. The molecule has 0 atom stereocenters. The number of hydrogen-bond acceptors (Lipinski definition) is 3. The smallest absolute Gasteiger partial charge is 0.331 e. The number of carboxylic acid groups (broad SMARTS) is 1. The van der Waals surface area contributed by atoms with Crippen LogP contribution in [0.2, 0.25) is 0 Å². The van der Waals surface area contributed by atoms with Crippen molar-refractivity contribution in [3.63, 3.8) is 0 Å². The Labute approximate surface area is 197 Å². The number of nitrogens with zero attached hydrogens (tertiary/aromatic N) is 1. The van der Waals surface area contributed by atoms with Crippen LogP contribution < -0.4 is 15.0 Å². The molecule has 0 heterocycles. The van der Waals surface area contributed by atoms with Gasteiger partial charge in [0, 0.05) is 30.4 Å². The number of carboxylic acids is 1. The molecule has 6 nitrogen and oxygen atoms in total. The maximum Gasteiger partial charge on any atom is 0.331 e. The third-order valence-electron chi connectivity index (χ3n) is 5.43. The molecule has 2 N–H and O–H groups in total. The Kier molecular flexibility index (Phi) is 10.5. The molecule has 33 heavy (non-hydrogen) atoms. The summed E-state index contributed by atoms with van der Waals surface area (Å²) in [6, 6.07) is 13.2. The van der Waals surface area contributed by atoms with Crippen LogP contribution in [0.15, 0.2) is 48.0 Å². The zero-order valence-corrected chi connectivity index (χ0v) is 20.2. The number of amides is 2. The van der Waals surface area contributed by atoms with Crippen molar-refractivity contribution < 1.29 is 19.4 Å². The van der Waals surface area contributed by atoms with Gasteiger partial charge >= 0.3 is 12.0 Å². The van der Waals surface area contributed by atoms with E-state index in [2.05, 4.69) is 12.2 Å². The molecule has 0 unspecified atom stereocenters. The summed E-state index contributed by atoms with van der Waals surface area (Å²) in [5.41, 5.74) is 3.59. The second-order valence-corrected chi connectivity index (χ2v) is 8.08. The number of urea groups is 1. The van der Waals surface area contributed by atoms with Crippen LogP contribution >= 0.6 is 0 Å². The Balaban J connectivity index is 2.17. The summed E-state index contributed by atoms with van der Waals surface area (Å²) in [6.45, 7) is 6.82. The molecular formula is C27H36N2O4. The third kappa shape index (κ3) is 7.97. The molecule has 0 saturated heterocycles. The van der Waals surface area contributed by atoms with E-state index < -0.39 is 5.97 Å². The highest BCUT2D eigenvalue weighted by Crippen LogP contribution is 2.33. The number of carbonyl (C=O) groups is 2. The predicted octanol–water partition coefficient (Wildman–Crippen LogP) is 6.36. The normalized spacial score (nSPS) is 11.2. The van der Waals surface area contributed by atoms with Gasteiger partial charge in [-0.05, 0) is 55.7 Å². The SMILES string of the molecule is CCCCCCCNC(=O)N(C)c1cccc(-c2ccc(C=C(C)C(=O)O)cc2OCC)c1. The van der Waals surface area contributed by atoms with E-state index in [1.54, 1.807) is 24.9 Å². The molecule has 0 aromatic heterocycles. The van der Waals surface area contributed by atoms with Gasteiger partial charge in [0.1, 0.15) is 5.75 Å². The van der Waals surface area contributed by atoms with Crippen LogP contribution in [0, 0.1) is 0 Å². The second-order valence-electron chi connectivity index (χ2n) is 8.08. The minimum Gasteiger partial charge on any atom is -0.493 e. The number of hydrogen-bond donors (Lipinski definition) is 2. The molecule has 6 heteroatoms. The van der Waals surface area contributed by atoms with Gasteiger partial charge in [-0.25, -0.2) is 9.59 Å². The molecule has 2 aromatic carbocycles. The van der Waals surface area contributed by atoms with Gasteiger partial charge in [-0.3, -0.25) is 4.90 Å². The van der Waals surface area contributed by atoms with E-state index in [1.165, 1.54) is 19.3 Å². The first-order valence-electron chi connectivity index (χ1n) is 11.7. The van der Waals surface area contributed by atoms with Gasteiger partial charge < -0.3 is 15.2 Å². The first kappa shape index (κ1) is 26.0. The van der Waals surface area contributed by atoms with Gasteiger partial charge in [0.05, 0.1) is 6.61 Å². The van der Waals surface area contributed by atoms with Crippen LogP contribution in [0.1, 0.15) is 58.4 Å². The van der Waals surface area contributed by atoms with Crippen molar-refractivity contribution in [3.05, 3.63) is 53.6 Å². The van der Waals surface area contributed by atoms with Gasteiger partial charge in [0.25, 0.3) is 0 Å². The number of unbranched alkanes of at least 4 members (excludes halogenated alkanes) is 4. The fourth-order valence-corrected chi connectivity index (χ4v) is 3.50. The molecule has 0 aliphatic rings. The average Bonchev–Trinajstić information content (AvgIpc) is 2.81. The standard InChI is InChI=1S/C27H36N2O4/c1-5-7-8-9-10-16-28-27(32)29(4)23-13-11-12-22(19-23)24-15-14-21(17-20(3)26(30)31)18-25(24)33-6-2/h11-15,17-19H,5-10,16H2,1-4H3,(H,28,32)(H,30,31). The summed E-state index contributed by atoms with van der Waals surface area (Å²) in [4.78, 5) is 25.3. The lowest BCUT2D eigenvalue weighted by Crippen LogP contribution is -2.37. The van der Waals surface area contributed by atoms with Gasteiger partial charge in [0.15, 0.2) is 0 Å². The van der Waals surface area contributed by atoms with Crippen molar-refractivity contribution in [2.24, 2.45) is 0 Å². The molecular weight excluding hydrogens is 416 g/mol. The minimum atomic E-state index is -0.952. The second kappa shape index (κ2) is 13.3. The number of aliphatic carboxylic acids is 1. The number of ether oxygens (including phenoxy) is 1. The summed E-state index contributed by atoms with van der Waals surface area (Å²) >= 11 is 0. The first-order valence-corrected chi connectivity index (χ1v) is 11.7. The van der Waals surface area contributed by atoms with Crippen LogP contribution in [-0.4, -0.2) is 37.3 Å². The molecule has 0 aliphatic heterocycles. The highest BCUT2D eigenvalue weighted by atomic mass is 16.5. The molecule has 0 fully saturated rings. The minimum absolute atomic E-state index is 0.127. The highest BCUT2D eigenvalue weighted by Gasteiger charge is 2.13. The monoisotopic (exact) mass is 452 g/mol. The van der Waals surface area contributed by atoms with Gasteiger partial charge in [-0.2, -0.15) is 0 Å². The van der Waals surface area contributed by atoms with Crippen molar-refractivity contribution in [3.8, 4) is 16.9 Å². The quantitative estimate of drug-likeness (QED) is 0.290. The van der Waals surface area contributed by atoms with E-state index in [4.69, 9.17) is 9.84 Å². The number of rotatable bonds is 12. The van der Waals surface area contributed by atoms with Crippen LogP contribution in [0.25, 0.3) is 17.2 Å². The largest absolute Gasteiger partial charge is 0.493 e. The van der Waals surface area contributed by atoms with Crippen molar-refractivity contribution in [1.29, 1.82) is 0 Å². The topological polar surface area (TPSA) is 78.9 Å². The molecule has 2 aromatic rings.